The van der Waals surface area contributed by atoms with E-state index in [9.17, 15) is 0 Å². The van der Waals surface area contributed by atoms with E-state index in [4.69, 9.17) is 5.73 Å². The highest BCUT2D eigenvalue weighted by Crippen LogP contribution is 1.74. The molecule has 0 bridgehead atoms. The molecule has 0 radical (unpaired) electrons. The van der Waals surface area contributed by atoms with Crippen molar-refractivity contribution in [2.75, 3.05) is 0 Å². The van der Waals surface area contributed by atoms with Crippen molar-refractivity contribution in [3.63, 3.8) is 0 Å². The summed E-state index contributed by atoms with van der Waals surface area (Å²) in [6.07, 6.45) is 0. The Morgan fingerprint density at radius 3 is 2.20 bits per heavy atom. The normalized spacial score (nSPS) is 7.20. The first-order valence-electron chi connectivity index (χ1n) is 1.03. The van der Waals surface area contributed by atoms with Gasteiger partial charge in [-0.25, -0.2) is 0 Å². The second kappa shape index (κ2) is 2.35. The van der Waals surface area contributed by atoms with Gasteiger partial charge in [-0.2, -0.15) is 11.4 Å². The second-order valence-corrected chi connectivity index (χ2v) is 2.04. The van der Waals surface area contributed by atoms with Crippen molar-refractivity contribution < 1.29 is 0 Å². The van der Waals surface area contributed by atoms with E-state index in [0.29, 0.717) is 4.32 Å². The summed E-state index contributed by atoms with van der Waals surface area (Å²) in [6.45, 7) is 0. The maximum atomic E-state index is 4.95. The molecule has 0 aliphatic heterocycles. The lowest BCUT2D eigenvalue weighted by Crippen LogP contribution is -1.96. The fraction of sp³-hybridized carbons (Fsp3) is 0. The molecule has 0 fully saturated rings. The Balaban J connectivity index is 3.20. The summed E-state index contributed by atoms with van der Waals surface area (Å²) >= 11 is 5.16. The quantitative estimate of drug-likeness (QED) is 0.340. The van der Waals surface area contributed by atoms with E-state index in [-0.39, 0.29) is 0 Å². The Kier molecular flexibility index (Phi) is 2.41. The van der Waals surface area contributed by atoms with Crippen LogP contribution in [0.4, 0.5) is 0 Å². The summed E-state index contributed by atoms with van der Waals surface area (Å²) < 4.78 is 0.449. The van der Waals surface area contributed by atoms with E-state index < -0.39 is 0 Å². The molecule has 0 heterocycles. The summed E-state index contributed by atoms with van der Waals surface area (Å²) in [5.74, 6) is 3.39. The van der Waals surface area contributed by atoms with Gasteiger partial charge in [0.05, 0.1) is 0 Å². The Hall–Kier alpha value is 0.110. The van der Waals surface area contributed by atoms with Crippen LogP contribution in [0.25, 0.3) is 0 Å². The fourth-order valence-corrected chi connectivity index (χ4v) is 0. The summed E-state index contributed by atoms with van der Waals surface area (Å²) in [4.78, 5) is 0. The van der Waals surface area contributed by atoms with Crippen molar-refractivity contribution in [1.29, 1.82) is 0 Å². The topological polar surface area (TPSA) is 26.0 Å². The van der Waals surface area contributed by atoms with Crippen LogP contribution < -0.4 is 5.73 Å². The Labute approximate surface area is 40.1 Å². The zero-order valence-electron chi connectivity index (χ0n) is 2.64. The van der Waals surface area contributed by atoms with Gasteiger partial charge < -0.3 is 5.73 Å². The maximum Gasteiger partial charge on any atom is 0.122 e. The van der Waals surface area contributed by atoms with E-state index >= 15 is 0 Å². The number of nitrogens with two attached hydrogens (primary N) is 1. The molecule has 0 aromatic carbocycles. The number of thiol groups is 1. The molecular formula is C2H5NS2. The molecule has 30 valence electrons. The van der Waals surface area contributed by atoms with E-state index in [0.717, 1.165) is 11.4 Å². The zero-order chi connectivity index (χ0) is 4.28. The van der Waals surface area contributed by atoms with Crippen LogP contribution in [0.2, 0.25) is 0 Å². The molecule has 0 aromatic rings. The predicted molar refractivity (Wildman–Crippen MR) is 32.9 cm³/mol. The Morgan fingerprint density at radius 1 is 2.00 bits per heavy atom. The molecule has 0 unspecified atom stereocenters. The first-order valence-corrected chi connectivity index (χ1v) is 2.52. The monoisotopic (exact) mass is 107 g/mol. The van der Waals surface area contributed by atoms with Gasteiger partial charge in [0, 0.05) is 0 Å². The fourth-order valence-electron chi connectivity index (χ4n) is 0. The van der Waals surface area contributed by atoms with Gasteiger partial charge in [-0.3, -0.25) is 0 Å². The van der Waals surface area contributed by atoms with Crippen molar-refractivity contribution in [1.82, 2.24) is 0 Å². The second-order valence-electron chi connectivity index (χ2n) is 0.496. The summed E-state index contributed by atoms with van der Waals surface area (Å²) in [5, 5.41) is 0. The largest absolute Gasteiger partial charge is 0.385 e. The van der Waals surface area contributed by atoms with Gasteiger partial charge >= 0.3 is 0 Å². The van der Waals surface area contributed by atoms with Crippen molar-refractivity contribution in [3.8, 4) is 0 Å². The number of hydrogen-bond acceptors (Lipinski definition) is 1. The van der Waals surface area contributed by atoms with Crippen molar-refractivity contribution in [2.24, 2.45) is 5.73 Å². The van der Waals surface area contributed by atoms with E-state index in [1.807, 2.05) is 0 Å². The highest BCUT2D eigenvalue weighted by Gasteiger charge is 1.61. The highest BCUT2D eigenvalue weighted by molar-refractivity contribution is 8.20. The van der Waals surface area contributed by atoms with E-state index in [1.54, 1.807) is 0 Å². The molecule has 0 aliphatic carbocycles. The first-order chi connectivity index (χ1) is 2.27. The predicted octanol–water partition coefficient (Wildman–Crippen LogP) is 0.128. The van der Waals surface area contributed by atoms with Crippen LogP contribution in [0.5, 0.6) is 0 Å². The van der Waals surface area contributed by atoms with Gasteiger partial charge in [0.25, 0.3) is 0 Å². The molecule has 0 atom stereocenters. The molecule has 0 amide bonds. The molecule has 0 rings (SSSR count). The minimum atomic E-state index is 0.449. The average molecular weight is 107 g/mol. The van der Waals surface area contributed by atoms with Gasteiger partial charge in [0.2, 0.25) is 0 Å². The SMILES string of the molecule is C=[SH]C(N)=S. The minimum absolute atomic E-state index is 0.449. The van der Waals surface area contributed by atoms with Crippen LogP contribution in [0.15, 0.2) is 0 Å². The third kappa shape index (κ3) is 4.11. The summed E-state index contributed by atoms with van der Waals surface area (Å²) in [5.41, 5.74) is 4.95. The lowest BCUT2D eigenvalue weighted by molar-refractivity contribution is 1.91. The zero-order valence-corrected chi connectivity index (χ0v) is 4.35. The minimum Gasteiger partial charge on any atom is -0.385 e. The van der Waals surface area contributed by atoms with Crippen LogP contribution in [0.1, 0.15) is 0 Å². The molecule has 1 nitrogen and oxygen atoms in total. The van der Waals surface area contributed by atoms with E-state index in [2.05, 4.69) is 18.1 Å². The van der Waals surface area contributed by atoms with Crippen LogP contribution in [0.3, 0.4) is 0 Å². The number of rotatable bonds is 0. The van der Waals surface area contributed by atoms with Crippen LogP contribution in [-0.4, -0.2) is 10.2 Å². The maximum absolute atomic E-state index is 4.95. The summed E-state index contributed by atoms with van der Waals surface area (Å²) in [6, 6.07) is 0. The molecule has 3 heteroatoms. The van der Waals surface area contributed by atoms with Crippen LogP contribution >= 0.6 is 23.6 Å². The van der Waals surface area contributed by atoms with Gasteiger partial charge in [-0.05, 0) is 0 Å². The molecule has 0 aliphatic rings. The molecule has 0 saturated carbocycles. The smallest absolute Gasteiger partial charge is 0.122 e. The van der Waals surface area contributed by atoms with Crippen molar-refractivity contribution in [2.45, 2.75) is 0 Å². The molecule has 0 spiro atoms. The van der Waals surface area contributed by atoms with Gasteiger partial charge in [0.1, 0.15) is 4.32 Å². The van der Waals surface area contributed by atoms with Gasteiger partial charge in [-0.15, -0.1) is 0 Å². The Bertz CT molecular complexity index is 58.7. The molecular weight excluding hydrogens is 102 g/mol. The number of thiocarbonyl (C=S) groups is 1. The van der Waals surface area contributed by atoms with E-state index in [1.165, 1.54) is 0 Å². The number of hydrogen-bond donors (Lipinski definition) is 2. The molecule has 0 aromatic heterocycles. The van der Waals surface area contributed by atoms with Gasteiger partial charge in [0.15, 0.2) is 0 Å². The standard InChI is InChI=1S/C2H5NS2/c1-5-2(3)4/h5H,1H2,(H2,3,4). The first kappa shape index (κ1) is 5.11. The molecule has 2 N–H and O–H groups in total. The summed E-state index contributed by atoms with van der Waals surface area (Å²) in [7, 11) is 0. The average Bonchev–Trinajstić information content (AvgIpc) is 1.38. The van der Waals surface area contributed by atoms with Crippen LogP contribution in [-0.2, 0) is 0 Å². The molecule has 5 heavy (non-hydrogen) atoms. The molecule has 0 saturated heterocycles. The lowest BCUT2D eigenvalue weighted by Gasteiger charge is -1.72. The lowest BCUT2D eigenvalue weighted by atomic mass is 11.5. The van der Waals surface area contributed by atoms with Gasteiger partial charge in [-0.1, -0.05) is 18.1 Å². The third-order valence-electron chi connectivity index (χ3n) is 0.156. The van der Waals surface area contributed by atoms with Crippen molar-refractivity contribution >= 4 is 33.8 Å². The Morgan fingerprint density at radius 2 is 2.20 bits per heavy atom. The highest BCUT2D eigenvalue weighted by atomic mass is 32.2. The third-order valence-corrected chi connectivity index (χ3v) is 0.855. The van der Waals surface area contributed by atoms with Crippen LogP contribution in [0, 0.1) is 0 Å². The van der Waals surface area contributed by atoms with Crippen molar-refractivity contribution in [3.05, 3.63) is 0 Å².